The maximum atomic E-state index is 12.8. The molecular formula is C18H16Cl2N2O3. The van der Waals surface area contributed by atoms with Crippen LogP contribution in [-0.4, -0.2) is 27.8 Å². The number of carbonyl (C=O) groups excluding carboxylic acids is 2. The van der Waals surface area contributed by atoms with Crippen molar-refractivity contribution < 1.29 is 14.3 Å². The predicted octanol–water partition coefficient (Wildman–Crippen LogP) is 3.66. The van der Waals surface area contributed by atoms with Crippen LogP contribution in [0.1, 0.15) is 24.5 Å². The highest BCUT2D eigenvalue weighted by molar-refractivity contribution is 6.35. The summed E-state index contributed by atoms with van der Waals surface area (Å²) in [4.78, 5) is 30.4. The smallest absolute Gasteiger partial charge is 0.270 e. The number of fused-ring (bicyclic) bond motifs is 1. The highest BCUT2D eigenvalue weighted by Crippen LogP contribution is 2.27. The van der Waals surface area contributed by atoms with Crippen molar-refractivity contribution in [2.45, 2.75) is 32.4 Å². The fourth-order valence-electron chi connectivity index (χ4n) is 2.71. The van der Waals surface area contributed by atoms with E-state index in [-0.39, 0.29) is 29.8 Å². The SMILES string of the molecule is CCC(Oc1ncc(Cl)cc1Cl)C(=O)N1Cc2ccccc2CC1=O. The third-order valence-electron chi connectivity index (χ3n) is 4.03. The predicted molar refractivity (Wildman–Crippen MR) is 94.7 cm³/mol. The lowest BCUT2D eigenvalue weighted by atomic mass is 9.99. The van der Waals surface area contributed by atoms with Crippen LogP contribution in [0, 0.1) is 0 Å². The Hall–Kier alpha value is -2.11. The molecule has 130 valence electrons. The fraction of sp³-hybridized carbons (Fsp3) is 0.278. The molecule has 1 aliphatic rings. The van der Waals surface area contributed by atoms with E-state index in [1.807, 2.05) is 24.3 Å². The molecule has 1 aromatic carbocycles. The molecule has 0 spiro atoms. The van der Waals surface area contributed by atoms with Crippen molar-refractivity contribution in [1.82, 2.24) is 9.88 Å². The Balaban J connectivity index is 1.79. The molecule has 0 saturated carbocycles. The van der Waals surface area contributed by atoms with Crippen LogP contribution < -0.4 is 4.74 Å². The van der Waals surface area contributed by atoms with Gasteiger partial charge < -0.3 is 4.74 Å². The number of rotatable bonds is 4. The number of hydrogen-bond acceptors (Lipinski definition) is 4. The summed E-state index contributed by atoms with van der Waals surface area (Å²) in [5.41, 5.74) is 1.92. The Morgan fingerprint density at radius 1 is 1.32 bits per heavy atom. The molecule has 0 bridgehead atoms. The summed E-state index contributed by atoms with van der Waals surface area (Å²) in [6.07, 6.45) is 1.13. The molecule has 0 N–H and O–H groups in total. The van der Waals surface area contributed by atoms with Crippen molar-refractivity contribution in [3.8, 4) is 5.88 Å². The largest absolute Gasteiger partial charge is 0.463 e. The van der Waals surface area contributed by atoms with Crippen molar-refractivity contribution in [3.63, 3.8) is 0 Å². The number of nitrogens with zero attached hydrogens (tertiary/aromatic N) is 2. The number of benzene rings is 1. The topological polar surface area (TPSA) is 59.5 Å². The van der Waals surface area contributed by atoms with Gasteiger partial charge in [-0.25, -0.2) is 4.98 Å². The van der Waals surface area contributed by atoms with Gasteiger partial charge in [-0.15, -0.1) is 0 Å². The van der Waals surface area contributed by atoms with Gasteiger partial charge in [-0.1, -0.05) is 54.4 Å². The van der Waals surface area contributed by atoms with E-state index in [0.717, 1.165) is 11.1 Å². The molecule has 0 saturated heterocycles. The second-order valence-electron chi connectivity index (χ2n) is 5.72. The molecule has 0 fully saturated rings. The van der Waals surface area contributed by atoms with Crippen molar-refractivity contribution >= 4 is 35.0 Å². The number of imide groups is 1. The quantitative estimate of drug-likeness (QED) is 0.814. The fourth-order valence-corrected chi connectivity index (χ4v) is 3.13. The van der Waals surface area contributed by atoms with Gasteiger partial charge in [0, 0.05) is 6.20 Å². The Kier molecular flexibility index (Phi) is 5.25. The van der Waals surface area contributed by atoms with E-state index in [1.54, 1.807) is 6.92 Å². The van der Waals surface area contributed by atoms with E-state index in [0.29, 0.717) is 11.4 Å². The average Bonchev–Trinajstić information content (AvgIpc) is 2.60. The first-order valence-corrected chi connectivity index (χ1v) is 8.64. The average molecular weight is 379 g/mol. The van der Waals surface area contributed by atoms with E-state index in [4.69, 9.17) is 27.9 Å². The van der Waals surface area contributed by atoms with E-state index < -0.39 is 12.0 Å². The molecule has 3 rings (SSSR count). The summed E-state index contributed by atoms with van der Waals surface area (Å²) in [6.45, 7) is 2.05. The molecule has 1 unspecified atom stereocenters. The van der Waals surface area contributed by atoms with Gasteiger partial charge in [-0.2, -0.15) is 0 Å². The third kappa shape index (κ3) is 3.78. The second kappa shape index (κ2) is 7.42. The molecule has 2 aromatic rings. The molecule has 1 atom stereocenters. The first-order chi connectivity index (χ1) is 12.0. The van der Waals surface area contributed by atoms with Crippen LogP contribution >= 0.6 is 23.2 Å². The molecule has 2 amide bonds. The van der Waals surface area contributed by atoms with Gasteiger partial charge in [0.2, 0.25) is 11.8 Å². The van der Waals surface area contributed by atoms with Crippen molar-refractivity contribution in [2.24, 2.45) is 0 Å². The van der Waals surface area contributed by atoms with Crippen LogP contribution in [0.25, 0.3) is 0 Å². The van der Waals surface area contributed by atoms with Crippen molar-refractivity contribution in [3.05, 3.63) is 57.7 Å². The highest BCUT2D eigenvalue weighted by atomic mass is 35.5. The zero-order valence-corrected chi connectivity index (χ0v) is 15.0. The zero-order valence-electron chi connectivity index (χ0n) is 13.5. The third-order valence-corrected chi connectivity index (χ3v) is 4.51. The van der Waals surface area contributed by atoms with Crippen LogP contribution in [0.3, 0.4) is 0 Å². The van der Waals surface area contributed by atoms with Crippen LogP contribution in [0.15, 0.2) is 36.5 Å². The lowest BCUT2D eigenvalue weighted by Crippen LogP contribution is -2.47. The van der Waals surface area contributed by atoms with Gasteiger partial charge in [-0.05, 0) is 23.6 Å². The Labute approximate surface area is 155 Å². The van der Waals surface area contributed by atoms with Gasteiger partial charge in [0.1, 0.15) is 5.02 Å². The molecular weight excluding hydrogens is 363 g/mol. The van der Waals surface area contributed by atoms with Gasteiger partial charge in [0.05, 0.1) is 18.0 Å². The van der Waals surface area contributed by atoms with E-state index in [9.17, 15) is 9.59 Å². The van der Waals surface area contributed by atoms with Crippen molar-refractivity contribution in [1.29, 1.82) is 0 Å². The van der Waals surface area contributed by atoms with Gasteiger partial charge in [-0.3, -0.25) is 14.5 Å². The first kappa shape index (κ1) is 17.7. The van der Waals surface area contributed by atoms with E-state index >= 15 is 0 Å². The van der Waals surface area contributed by atoms with Crippen molar-refractivity contribution in [2.75, 3.05) is 0 Å². The molecule has 2 heterocycles. The lowest BCUT2D eigenvalue weighted by Gasteiger charge is -2.30. The van der Waals surface area contributed by atoms with Crippen LogP contribution in [0.5, 0.6) is 5.88 Å². The minimum Gasteiger partial charge on any atom is -0.463 e. The van der Waals surface area contributed by atoms with Crippen LogP contribution in [0.4, 0.5) is 0 Å². The van der Waals surface area contributed by atoms with E-state index in [1.165, 1.54) is 17.2 Å². The van der Waals surface area contributed by atoms with Gasteiger partial charge in [0.25, 0.3) is 5.91 Å². The maximum absolute atomic E-state index is 12.8. The molecule has 25 heavy (non-hydrogen) atoms. The van der Waals surface area contributed by atoms with Crippen LogP contribution in [0.2, 0.25) is 10.0 Å². The minimum atomic E-state index is -0.847. The van der Waals surface area contributed by atoms with Gasteiger partial charge in [0.15, 0.2) is 6.10 Å². The number of hydrogen-bond donors (Lipinski definition) is 0. The number of pyridine rings is 1. The maximum Gasteiger partial charge on any atom is 0.270 e. The molecule has 1 aliphatic heterocycles. The minimum absolute atomic E-state index is 0.121. The highest BCUT2D eigenvalue weighted by Gasteiger charge is 2.33. The Morgan fingerprint density at radius 3 is 2.72 bits per heavy atom. The molecule has 5 nitrogen and oxygen atoms in total. The normalized spacial score (nSPS) is 14.8. The molecule has 7 heteroatoms. The molecule has 0 aliphatic carbocycles. The number of carbonyl (C=O) groups is 2. The Morgan fingerprint density at radius 2 is 2.04 bits per heavy atom. The van der Waals surface area contributed by atoms with Crippen LogP contribution in [-0.2, 0) is 22.6 Å². The summed E-state index contributed by atoms with van der Waals surface area (Å²) in [6, 6.07) is 9.09. The van der Waals surface area contributed by atoms with Gasteiger partial charge >= 0.3 is 0 Å². The summed E-state index contributed by atoms with van der Waals surface area (Å²) in [7, 11) is 0. The standard InChI is InChI=1S/C18H16Cl2N2O3/c1-2-15(25-17-14(20)8-13(19)9-21-17)18(24)22-10-12-6-4-3-5-11(12)7-16(22)23/h3-6,8-9,15H,2,7,10H2,1H3. The number of aromatic nitrogens is 1. The summed E-state index contributed by atoms with van der Waals surface area (Å²) < 4.78 is 5.66. The second-order valence-corrected chi connectivity index (χ2v) is 6.56. The summed E-state index contributed by atoms with van der Waals surface area (Å²) >= 11 is 11.9. The Bertz CT molecular complexity index is 826. The van der Waals surface area contributed by atoms with E-state index in [2.05, 4.69) is 4.98 Å². The molecule has 1 aromatic heterocycles. The summed E-state index contributed by atoms with van der Waals surface area (Å²) in [5, 5.41) is 0.591. The number of ether oxygens (including phenoxy) is 1. The zero-order chi connectivity index (χ0) is 18.0. The first-order valence-electron chi connectivity index (χ1n) is 7.88. The lowest BCUT2D eigenvalue weighted by molar-refractivity contribution is -0.150. The number of halogens is 2. The summed E-state index contributed by atoms with van der Waals surface area (Å²) in [5.74, 6) is -0.508. The number of amides is 2. The monoisotopic (exact) mass is 378 g/mol. The molecule has 0 radical (unpaired) electrons.